The van der Waals surface area contributed by atoms with Gasteiger partial charge in [0.15, 0.2) is 0 Å². The average Bonchev–Trinajstić information content (AvgIpc) is 2.48. The predicted molar refractivity (Wildman–Crippen MR) is 100 cm³/mol. The molecule has 0 amide bonds. The van der Waals surface area contributed by atoms with Gasteiger partial charge in [-0.3, -0.25) is 0 Å². The summed E-state index contributed by atoms with van der Waals surface area (Å²) in [4.78, 5) is 0.185. The molecule has 0 radical (unpaired) electrons. The third-order valence-electron chi connectivity index (χ3n) is 3.52. The minimum atomic E-state index is 0.185. The van der Waals surface area contributed by atoms with Gasteiger partial charge in [-0.2, -0.15) is 0 Å². The lowest BCUT2D eigenvalue weighted by molar-refractivity contribution is 1.02. The molecule has 0 aliphatic heterocycles. The molecular weight excluding hydrogens is 446 g/mol. The van der Waals surface area contributed by atoms with E-state index >= 15 is 0 Å². The summed E-state index contributed by atoms with van der Waals surface area (Å²) in [5.41, 5.74) is 5.40. The highest BCUT2D eigenvalue weighted by molar-refractivity contribution is 14.1. The fraction of sp³-hybridized carbons (Fsp3) is 0.294. The lowest BCUT2D eigenvalue weighted by Gasteiger charge is -2.16. The Morgan fingerprint density at radius 3 is 2.40 bits per heavy atom. The first-order valence-electron chi connectivity index (χ1n) is 6.77. The van der Waals surface area contributed by atoms with E-state index in [4.69, 9.17) is 11.6 Å². The number of aryl methyl sites for hydroxylation is 2. The van der Waals surface area contributed by atoms with E-state index < -0.39 is 0 Å². The molecule has 0 bridgehead atoms. The van der Waals surface area contributed by atoms with E-state index in [9.17, 15) is 0 Å². The number of alkyl halides is 1. The van der Waals surface area contributed by atoms with Gasteiger partial charge in [-0.1, -0.05) is 59.6 Å². The Morgan fingerprint density at radius 1 is 1.05 bits per heavy atom. The van der Waals surface area contributed by atoms with Crippen LogP contribution >= 0.6 is 50.1 Å². The first kappa shape index (κ1) is 16.3. The van der Waals surface area contributed by atoms with Crippen LogP contribution in [0.15, 0.2) is 36.4 Å². The van der Waals surface area contributed by atoms with Gasteiger partial charge >= 0.3 is 0 Å². The molecule has 0 spiro atoms. The molecule has 1 unspecified atom stereocenters. The van der Waals surface area contributed by atoms with Gasteiger partial charge < -0.3 is 0 Å². The summed E-state index contributed by atoms with van der Waals surface area (Å²) in [5, 5.41) is 0.783. The van der Waals surface area contributed by atoms with Gasteiger partial charge in [-0.05, 0) is 75.9 Å². The number of benzene rings is 2. The summed E-state index contributed by atoms with van der Waals surface area (Å²) in [5.74, 6) is 0. The zero-order valence-corrected chi connectivity index (χ0v) is 16.1. The van der Waals surface area contributed by atoms with E-state index in [0.717, 1.165) is 17.9 Å². The van der Waals surface area contributed by atoms with Gasteiger partial charge in [-0.25, -0.2) is 0 Å². The van der Waals surface area contributed by atoms with Gasteiger partial charge in [0.25, 0.3) is 0 Å². The largest absolute Gasteiger partial charge is 0.0843 e. The Balaban J connectivity index is 2.42. The summed E-state index contributed by atoms with van der Waals surface area (Å²) in [6.45, 7) is 4.42. The lowest BCUT2D eigenvalue weighted by Crippen LogP contribution is -1.99. The van der Waals surface area contributed by atoms with Crippen LogP contribution in [0.1, 0.15) is 40.9 Å². The Hall–Kier alpha value is -0.0600. The number of hydrogen-bond donors (Lipinski definition) is 0. The van der Waals surface area contributed by atoms with Crippen LogP contribution in [0.3, 0.4) is 0 Å². The Labute approximate surface area is 148 Å². The van der Waals surface area contributed by atoms with Gasteiger partial charge in [-0.15, -0.1) is 0 Å². The van der Waals surface area contributed by atoms with Crippen molar-refractivity contribution in [1.82, 2.24) is 0 Å². The first-order valence-corrected chi connectivity index (χ1v) is 9.14. The highest BCUT2D eigenvalue weighted by Gasteiger charge is 2.15. The topological polar surface area (TPSA) is 0 Å². The van der Waals surface area contributed by atoms with E-state index in [2.05, 4.69) is 76.6 Å². The zero-order chi connectivity index (χ0) is 14.7. The third-order valence-corrected chi connectivity index (χ3v) is 5.76. The maximum absolute atomic E-state index is 6.13. The molecule has 2 rings (SSSR count). The third kappa shape index (κ3) is 3.58. The fourth-order valence-electron chi connectivity index (χ4n) is 2.37. The Kier molecular flexibility index (Phi) is 5.94. The van der Waals surface area contributed by atoms with Crippen LogP contribution in [0.4, 0.5) is 0 Å². The molecule has 2 aromatic rings. The zero-order valence-electron chi connectivity index (χ0n) is 11.6. The van der Waals surface area contributed by atoms with Crippen molar-refractivity contribution >= 4 is 50.1 Å². The van der Waals surface area contributed by atoms with Crippen molar-refractivity contribution < 1.29 is 0 Å². The molecule has 0 aliphatic rings. The minimum Gasteiger partial charge on any atom is -0.0843 e. The highest BCUT2D eigenvalue weighted by atomic mass is 127. The van der Waals surface area contributed by atoms with E-state index in [1.165, 1.54) is 25.8 Å². The second-order valence-electron chi connectivity index (χ2n) is 4.76. The van der Waals surface area contributed by atoms with Crippen molar-refractivity contribution in [2.24, 2.45) is 0 Å². The quantitative estimate of drug-likeness (QED) is 0.356. The van der Waals surface area contributed by atoms with Crippen LogP contribution in [-0.4, -0.2) is 0 Å². The van der Waals surface area contributed by atoms with Crippen molar-refractivity contribution in [2.45, 2.75) is 31.5 Å². The van der Waals surface area contributed by atoms with Crippen LogP contribution in [0.2, 0.25) is 5.02 Å². The second kappa shape index (κ2) is 7.28. The van der Waals surface area contributed by atoms with Crippen LogP contribution in [0.25, 0.3) is 0 Å². The molecule has 3 heteroatoms. The molecule has 0 N–H and O–H groups in total. The summed E-state index contributed by atoms with van der Waals surface area (Å²) in [7, 11) is 0. The second-order valence-corrected chi connectivity index (χ2v) is 7.28. The fourth-order valence-corrected chi connectivity index (χ4v) is 4.28. The van der Waals surface area contributed by atoms with Gasteiger partial charge in [0.1, 0.15) is 0 Å². The molecule has 0 saturated carbocycles. The van der Waals surface area contributed by atoms with Crippen molar-refractivity contribution in [3.8, 4) is 0 Å². The molecule has 0 aromatic heterocycles. The van der Waals surface area contributed by atoms with Crippen LogP contribution in [0.5, 0.6) is 0 Å². The Morgan fingerprint density at radius 2 is 1.75 bits per heavy atom. The maximum atomic E-state index is 6.13. The monoisotopic (exact) mass is 462 g/mol. The normalized spacial score (nSPS) is 12.4. The number of rotatable bonds is 4. The van der Waals surface area contributed by atoms with E-state index in [1.807, 2.05) is 12.1 Å². The molecule has 2 aromatic carbocycles. The molecule has 20 heavy (non-hydrogen) atoms. The number of hydrogen-bond acceptors (Lipinski definition) is 0. The number of halogens is 3. The minimum absolute atomic E-state index is 0.185. The summed E-state index contributed by atoms with van der Waals surface area (Å²) in [6, 6.07) is 12.8. The van der Waals surface area contributed by atoms with E-state index in [0.29, 0.717) is 0 Å². The van der Waals surface area contributed by atoms with Crippen molar-refractivity contribution in [1.29, 1.82) is 0 Å². The van der Waals surface area contributed by atoms with Crippen LogP contribution < -0.4 is 0 Å². The summed E-state index contributed by atoms with van der Waals surface area (Å²) < 4.78 is 1.23. The molecule has 0 fully saturated rings. The van der Waals surface area contributed by atoms with Crippen molar-refractivity contribution in [2.75, 3.05) is 0 Å². The molecular formula is C17H17BrClI. The van der Waals surface area contributed by atoms with Crippen LogP contribution in [0, 0.1) is 3.57 Å². The van der Waals surface area contributed by atoms with Gasteiger partial charge in [0.2, 0.25) is 0 Å². The summed E-state index contributed by atoms with van der Waals surface area (Å²) in [6.07, 6.45) is 2.16. The summed E-state index contributed by atoms with van der Waals surface area (Å²) >= 11 is 12.3. The van der Waals surface area contributed by atoms with Crippen molar-refractivity contribution in [3.63, 3.8) is 0 Å². The highest BCUT2D eigenvalue weighted by Crippen LogP contribution is 2.36. The van der Waals surface area contributed by atoms with Crippen LogP contribution in [-0.2, 0) is 12.8 Å². The molecule has 1 atom stereocenters. The maximum Gasteiger partial charge on any atom is 0.0655 e. The lowest BCUT2D eigenvalue weighted by atomic mass is 9.96. The van der Waals surface area contributed by atoms with Gasteiger partial charge in [0, 0.05) is 8.59 Å². The smallest absolute Gasteiger partial charge is 0.0655 e. The average molecular weight is 464 g/mol. The SMILES string of the molecule is CCc1ccc(C(Br)c2cc(Cl)ccc2I)cc1CC. The van der Waals surface area contributed by atoms with E-state index in [-0.39, 0.29) is 4.83 Å². The standard InChI is InChI=1S/C17H17BrClI/c1-3-11-5-6-13(9-12(11)4-2)17(18)15-10-14(19)7-8-16(15)20/h5-10,17H,3-4H2,1-2H3. The molecule has 106 valence electrons. The predicted octanol–water partition coefficient (Wildman–Crippen LogP) is 6.55. The van der Waals surface area contributed by atoms with Gasteiger partial charge in [0.05, 0.1) is 4.83 Å². The Bertz CT molecular complexity index is 610. The molecule has 0 saturated heterocycles. The molecule has 0 heterocycles. The van der Waals surface area contributed by atoms with Crippen molar-refractivity contribution in [3.05, 3.63) is 67.2 Å². The van der Waals surface area contributed by atoms with E-state index in [1.54, 1.807) is 0 Å². The molecule has 0 nitrogen and oxygen atoms in total. The molecule has 0 aliphatic carbocycles. The first-order chi connectivity index (χ1) is 9.56.